The normalized spacial score (nSPS) is 12.8. The van der Waals surface area contributed by atoms with Crippen LogP contribution < -0.4 is 0 Å². The Morgan fingerprint density at radius 1 is 1.67 bits per heavy atom. The fourth-order valence-corrected chi connectivity index (χ4v) is 0.510. The third-order valence-corrected chi connectivity index (χ3v) is 1.65. The van der Waals surface area contributed by atoms with E-state index in [2.05, 4.69) is 0 Å². The standard InChI is InChI=1S/C5H6Cl2O2/c1-3(2-6)4(7)5(8)9/h2H2,1H3,(H,8,9)/b4-3-. The van der Waals surface area contributed by atoms with Crippen LogP contribution in [0.3, 0.4) is 0 Å². The summed E-state index contributed by atoms with van der Waals surface area (Å²) in [5.74, 6) is -0.972. The van der Waals surface area contributed by atoms with Crippen molar-refractivity contribution in [3.63, 3.8) is 0 Å². The predicted octanol–water partition coefficient (Wildman–Crippen LogP) is 1.82. The number of hydrogen-bond donors (Lipinski definition) is 1. The van der Waals surface area contributed by atoms with Gasteiger partial charge in [0.1, 0.15) is 5.03 Å². The Morgan fingerprint density at radius 3 is 2.22 bits per heavy atom. The Balaban J connectivity index is 4.28. The van der Waals surface area contributed by atoms with Crippen molar-refractivity contribution >= 4 is 29.2 Å². The summed E-state index contributed by atoms with van der Waals surface area (Å²) in [6, 6.07) is 0. The number of rotatable bonds is 2. The highest BCUT2D eigenvalue weighted by molar-refractivity contribution is 6.41. The molecule has 0 spiro atoms. The van der Waals surface area contributed by atoms with Gasteiger partial charge in [0.05, 0.1) is 0 Å². The first kappa shape index (κ1) is 8.79. The molecule has 0 unspecified atom stereocenters. The third kappa shape index (κ3) is 2.72. The molecule has 0 fully saturated rings. The highest BCUT2D eigenvalue weighted by Crippen LogP contribution is 2.09. The summed E-state index contributed by atoms with van der Waals surface area (Å²) in [4.78, 5) is 10.1. The number of carboxylic acids is 1. The maximum atomic E-state index is 10.1. The van der Waals surface area contributed by atoms with Crippen LogP contribution in [-0.2, 0) is 4.79 Å². The zero-order valence-electron chi connectivity index (χ0n) is 4.82. The molecule has 52 valence electrons. The molecule has 0 amide bonds. The molecule has 0 aliphatic heterocycles. The molecule has 1 N–H and O–H groups in total. The van der Waals surface area contributed by atoms with Crippen LogP contribution in [-0.4, -0.2) is 17.0 Å². The van der Waals surface area contributed by atoms with Crippen molar-refractivity contribution < 1.29 is 9.90 Å². The van der Waals surface area contributed by atoms with Crippen LogP contribution >= 0.6 is 23.2 Å². The molecule has 0 atom stereocenters. The van der Waals surface area contributed by atoms with Crippen LogP contribution in [0.25, 0.3) is 0 Å². The van der Waals surface area contributed by atoms with Crippen LogP contribution in [0.2, 0.25) is 0 Å². The second-order valence-corrected chi connectivity index (χ2v) is 2.18. The molecule has 0 aliphatic carbocycles. The maximum absolute atomic E-state index is 10.1. The van der Waals surface area contributed by atoms with Crippen LogP contribution in [0.5, 0.6) is 0 Å². The molecule has 0 saturated heterocycles. The molecular weight excluding hydrogens is 163 g/mol. The van der Waals surface area contributed by atoms with E-state index in [1.807, 2.05) is 0 Å². The highest BCUT2D eigenvalue weighted by Gasteiger charge is 2.05. The lowest BCUT2D eigenvalue weighted by atomic mass is 10.3. The van der Waals surface area contributed by atoms with Gasteiger partial charge in [0.15, 0.2) is 0 Å². The number of carboxylic acid groups (broad SMARTS) is 1. The molecule has 0 aromatic rings. The number of aliphatic carboxylic acids is 1. The van der Waals surface area contributed by atoms with Gasteiger partial charge in [0.2, 0.25) is 0 Å². The number of alkyl halides is 1. The second kappa shape index (κ2) is 3.75. The third-order valence-electron chi connectivity index (χ3n) is 0.763. The van der Waals surface area contributed by atoms with Crippen molar-refractivity contribution in [1.29, 1.82) is 0 Å². The summed E-state index contributed by atoms with van der Waals surface area (Å²) in [7, 11) is 0. The lowest BCUT2D eigenvalue weighted by Crippen LogP contribution is -1.97. The molecule has 9 heavy (non-hydrogen) atoms. The van der Waals surface area contributed by atoms with Gasteiger partial charge in [-0.1, -0.05) is 11.6 Å². The van der Waals surface area contributed by atoms with E-state index >= 15 is 0 Å². The topological polar surface area (TPSA) is 37.3 Å². The minimum absolute atomic E-state index is 0.158. The van der Waals surface area contributed by atoms with E-state index in [0.29, 0.717) is 5.57 Å². The first-order valence-corrected chi connectivity index (χ1v) is 3.15. The molecule has 0 rings (SSSR count). The van der Waals surface area contributed by atoms with Gasteiger partial charge in [-0.05, 0) is 12.5 Å². The maximum Gasteiger partial charge on any atom is 0.347 e. The average molecular weight is 169 g/mol. The first-order valence-electron chi connectivity index (χ1n) is 2.24. The molecule has 4 heteroatoms. The minimum Gasteiger partial charge on any atom is -0.477 e. The Bertz CT molecular complexity index is 151. The fraction of sp³-hybridized carbons (Fsp3) is 0.400. The average Bonchev–Trinajstić information content (AvgIpc) is 1.84. The summed E-state index contributed by atoms with van der Waals surface area (Å²) < 4.78 is 0. The van der Waals surface area contributed by atoms with Crippen molar-refractivity contribution in [2.45, 2.75) is 6.92 Å². The first-order chi connectivity index (χ1) is 4.09. The number of halogens is 2. The predicted molar refractivity (Wildman–Crippen MR) is 36.9 cm³/mol. The van der Waals surface area contributed by atoms with Gasteiger partial charge in [0, 0.05) is 5.88 Å². The number of hydrogen-bond acceptors (Lipinski definition) is 1. The van der Waals surface area contributed by atoms with Crippen LogP contribution in [0.1, 0.15) is 6.92 Å². The molecule has 0 aromatic carbocycles. The fourth-order valence-electron chi connectivity index (χ4n) is 0.241. The quantitative estimate of drug-likeness (QED) is 0.505. The van der Waals surface area contributed by atoms with Crippen LogP contribution in [0.4, 0.5) is 0 Å². The molecule has 0 aliphatic rings. The lowest BCUT2D eigenvalue weighted by molar-refractivity contribution is -0.131. The van der Waals surface area contributed by atoms with Gasteiger partial charge in [-0.15, -0.1) is 11.6 Å². The minimum atomic E-state index is -1.13. The Hall–Kier alpha value is -0.210. The molecule has 0 heterocycles. The largest absolute Gasteiger partial charge is 0.477 e. The van der Waals surface area contributed by atoms with Crippen LogP contribution in [0, 0.1) is 0 Å². The van der Waals surface area contributed by atoms with Crippen molar-refractivity contribution in [3.8, 4) is 0 Å². The summed E-state index contributed by atoms with van der Waals surface area (Å²) in [5, 5.41) is 8.05. The number of allylic oxidation sites excluding steroid dienone is 1. The molecular formula is C5H6Cl2O2. The van der Waals surface area contributed by atoms with Crippen LogP contribution in [0.15, 0.2) is 10.6 Å². The monoisotopic (exact) mass is 168 g/mol. The SMILES string of the molecule is C/C(CCl)=C(/Cl)C(=O)O. The van der Waals surface area contributed by atoms with E-state index < -0.39 is 5.97 Å². The summed E-state index contributed by atoms with van der Waals surface area (Å²) in [6.45, 7) is 1.57. The Labute approximate surface area is 63.1 Å². The van der Waals surface area contributed by atoms with Gasteiger partial charge < -0.3 is 5.11 Å². The van der Waals surface area contributed by atoms with Gasteiger partial charge >= 0.3 is 5.97 Å². The lowest BCUT2D eigenvalue weighted by Gasteiger charge is -1.93. The van der Waals surface area contributed by atoms with E-state index in [9.17, 15) is 4.79 Å². The van der Waals surface area contributed by atoms with E-state index in [4.69, 9.17) is 28.3 Å². The van der Waals surface area contributed by atoms with Crippen molar-refractivity contribution in [2.75, 3.05) is 5.88 Å². The van der Waals surface area contributed by atoms with Gasteiger partial charge in [-0.25, -0.2) is 4.79 Å². The highest BCUT2D eigenvalue weighted by atomic mass is 35.5. The molecule has 0 bridgehead atoms. The van der Waals surface area contributed by atoms with Crippen molar-refractivity contribution in [1.82, 2.24) is 0 Å². The van der Waals surface area contributed by atoms with Crippen molar-refractivity contribution in [3.05, 3.63) is 10.6 Å². The molecule has 0 radical (unpaired) electrons. The van der Waals surface area contributed by atoms with E-state index in [0.717, 1.165) is 0 Å². The van der Waals surface area contributed by atoms with E-state index in [-0.39, 0.29) is 10.9 Å². The molecule has 0 aromatic heterocycles. The summed E-state index contributed by atoms with van der Waals surface area (Å²) in [5.41, 5.74) is 0.478. The summed E-state index contributed by atoms with van der Waals surface area (Å²) >= 11 is 10.5. The van der Waals surface area contributed by atoms with E-state index in [1.165, 1.54) is 0 Å². The van der Waals surface area contributed by atoms with Crippen molar-refractivity contribution in [2.24, 2.45) is 0 Å². The Kier molecular flexibility index (Phi) is 3.66. The Morgan fingerprint density at radius 2 is 2.11 bits per heavy atom. The zero-order valence-corrected chi connectivity index (χ0v) is 6.33. The van der Waals surface area contributed by atoms with Gasteiger partial charge in [0.25, 0.3) is 0 Å². The second-order valence-electron chi connectivity index (χ2n) is 1.53. The number of carbonyl (C=O) groups is 1. The molecule has 0 saturated carbocycles. The van der Waals surface area contributed by atoms with Gasteiger partial charge in [-0.3, -0.25) is 0 Å². The van der Waals surface area contributed by atoms with E-state index in [1.54, 1.807) is 6.92 Å². The summed E-state index contributed by atoms with van der Waals surface area (Å²) in [6.07, 6.45) is 0. The molecule has 2 nitrogen and oxygen atoms in total. The zero-order chi connectivity index (χ0) is 7.44. The van der Waals surface area contributed by atoms with Gasteiger partial charge in [-0.2, -0.15) is 0 Å². The smallest absolute Gasteiger partial charge is 0.347 e.